The first kappa shape index (κ1) is 20.1. The van der Waals surface area contributed by atoms with E-state index in [4.69, 9.17) is 0 Å². The molecule has 0 aliphatic carbocycles. The minimum atomic E-state index is -3.66. The van der Waals surface area contributed by atoms with Gasteiger partial charge in [0.1, 0.15) is 4.21 Å². The lowest BCUT2D eigenvalue weighted by Crippen LogP contribution is -2.34. The van der Waals surface area contributed by atoms with Gasteiger partial charge in [0, 0.05) is 26.8 Å². The number of anilines is 1. The fourth-order valence-electron chi connectivity index (χ4n) is 2.09. The lowest BCUT2D eigenvalue weighted by Gasteiger charge is -2.16. The molecule has 0 saturated heterocycles. The molecule has 2 aromatic rings. The number of nitrogens with one attached hydrogen (secondary N) is 1. The Hall–Kier alpha value is -2.23. The topological polar surface area (TPSA) is 86.8 Å². The Labute approximate surface area is 157 Å². The number of rotatable bonds is 7. The average molecular weight is 396 g/mol. The maximum atomic E-state index is 12.3. The maximum absolute atomic E-state index is 12.3. The fraction of sp³-hybridized carbons (Fsp3) is 0.294. The zero-order valence-corrected chi connectivity index (χ0v) is 16.4. The van der Waals surface area contributed by atoms with Crippen LogP contribution in [0.2, 0.25) is 0 Å². The molecule has 2 rings (SSSR count). The largest absolute Gasteiger partial charge is 0.349 e. The minimum absolute atomic E-state index is 0.0119. The van der Waals surface area contributed by atoms with Crippen molar-refractivity contribution in [2.24, 2.45) is 0 Å². The Kier molecular flexibility index (Phi) is 6.52. The molecule has 1 heterocycles. The van der Waals surface area contributed by atoms with Gasteiger partial charge in [-0.15, -0.1) is 11.3 Å². The summed E-state index contributed by atoms with van der Waals surface area (Å²) >= 11 is 1.11. The standard InChI is InChI=1S/C17H21N3O4S2/c1-19(2)16(22)11-13-6-8-14(9-7-13)18-15(21)12-20(3)26(23,24)17-5-4-10-25-17/h4-10H,11-12H2,1-3H3,(H,18,21). The lowest BCUT2D eigenvalue weighted by atomic mass is 10.1. The van der Waals surface area contributed by atoms with Crippen molar-refractivity contribution in [1.29, 1.82) is 0 Å². The van der Waals surface area contributed by atoms with E-state index in [1.165, 1.54) is 18.0 Å². The van der Waals surface area contributed by atoms with Crippen LogP contribution in [-0.4, -0.2) is 57.1 Å². The van der Waals surface area contributed by atoms with Gasteiger partial charge in [-0.2, -0.15) is 4.31 Å². The second-order valence-corrected chi connectivity index (χ2v) is 9.12. The van der Waals surface area contributed by atoms with Gasteiger partial charge in [0.2, 0.25) is 11.8 Å². The summed E-state index contributed by atoms with van der Waals surface area (Å²) in [4.78, 5) is 25.3. The first-order valence-corrected chi connectivity index (χ1v) is 10.1. The number of thiophene rings is 1. The molecule has 0 fully saturated rings. The smallest absolute Gasteiger partial charge is 0.252 e. The summed E-state index contributed by atoms with van der Waals surface area (Å²) in [5.41, 5.74) is 1.37. The van der Waals surface area contributed by atoms with Gasteiger partial charge >= 0.3 is 0 Å². The highest BCUT2D eigenvalue weighted by molar-refractivity contribution is 7.91. The van der Waals surface area contributed by atoms with Gasteiger partial charge in [-0.3, -0.25) is 9.59 Å². The molecule has 26 heavy (non-hydrogen) atoms. The number of benzene rings is 1. The third-order valence-electron chi connectivity index (χ3n) is 3.62. The molecule has 0 atom stereocenters. The van der Waals surface area contributed by atoms with E-state index in [1.54, 1.807) is 49.8 Å². The van der Waals surface area contributed by atoms with Crippen molar-refractivity contribution in [3.05, 3.63) is 47.3 Å². The summed E-state index contributed by atoms with van der Waals surface area (Å²) in [7, 11) is 1.09. The Morgan fingerprint density at radius 2 is 1.73 bits per heavy atom. The molecule has 1 N–H and O–H groups in total. The molecule has 0 bridgehead atoms. The normalized spacial score (nSPS) is 11.4. The second-order valence-electron chi connectivity index (χ2n) is 5.90. The van der Waals surface area contributed by atoms with Crippen LogP contribution in [0.5, 0.6) is 0 Å². The quantitative estimate of drug-likeness (QED) is 0.772. The van der Waals surface area contributed by atoms with Crippen molar-refractivity contribution in [2.75, 3.05) is 33.0 Å². The van der Waals surface area contributed by atoms with E-state index in [-0.39, 0.29) is 23.1 Å². The van der Waals surface area contributed by atoms with E-state index >= 15 is 0 Å². The minimum Gasteiger partial charge on any atom is -0.349 e. The van der Waals surface area contributed by atoms with Crippen molar-refractivity contribution < 1.29 is 18.0 Å². The highest BCUT2D eigenvalue weighted by atomic mass is 32.2. The number of sulfonamides is 1. The summed E-state index contributed by atoms with van der Waals surface area (Å²) in [6.45, 7) is -0.291. The summed E-state index contributed by atoms with van der Waals surface area (Å²) in [6, 6.07) is 10.0. The van der Waals surface area contributed by atoms with E-state index in [9.17, 15) is 18.0 Å². The SMILES string of the molecule is CN(C)C(=O)Cc1ccc(NC(=O)CN(C)S(=O)(=O)c2cccs2)cc1. The van der Waals surface area contributed by atoms with Gasteiger partial charge in [-0.1, -0.05) is 18.2 Å². The molecule has 0 radical (unpaired) electrons. The van der Waals surface area contributed by atoms with Crippen LogP contribution in [0, 0.1) is 0 Å². The van der Waals surface area contributed by atoms with Gasteiger partial charge in [0.15, 0.2) is 0 Å². The van der Waals surface area contributed by atoms with Crippen LogP contribution in [0.25, 0.3) is 0 Å². The molecule has 0 aliphatic heterocycles. The first-order chi connectivity index (χ1) is 12.2. The summed E-state index contributed by atoms with van der Waals surface area (Å²) in [5.74, 6) is -0.452. The molecular weight excluding hydrogens is 374 g/mol. The molecule has 2 amide bonds. The number of amides is 2. The predicted molar refractivity (Wildman–Crippen MR) is 102 cm³/mol. The molecule has 140 valence electrons. The fourth-order valence-corrected chi connectivity index (χ4v) is 4.42. The van der Waals surface area contributed by atoms with Crippen molar-refractivity contribution in [2.45, 2.75) is 10.6 Å². The number of carbonyl (C=O) groups is 2. The van der Waals surface area contributed by atoms with Crippen LogP contribution >= 0.6 is 11.3 Å². The van der Waals surface area contributed by atoms with Crippen molar-refractivity contribution in [3.63, 3.8) is 0 Å². The number of hydrogen-bond acceptors (Lipinski definition) is 5. The molecule has 7 nitrogen and oxygen atoms in total. The van der Waals surface area contributed by atoms with Gasteiger partial charge in [0.05, 0.1) is 13.0 Å². The zero-order chi connectivity index (χ0) is 19.3. The Bertz CT molecular complexity index is 860. The molecule has 9 heteroatoms. The second kappa shape index (κ2) is 8.43. The lowest BCUT2D eigenvalue weighted by molar-refractivity contribution is -0.128. The number of carbonyl (C=O) groups excluding carboxylic acids is 2. The van der Waals surface area contributed by atoms with E-state index < -0.39 is 15.9 Å². The highest BCUT2D eigenvalue weighted by Crippen LogP contribution is 2.19. The van der Waals surface area contributed by atoms with Gasteiger partial charge in [0.25, 0.3) is 10.0 Å². The van der Waals surface area contributed by atoms with Crippen LogP contribution in [-0.2, 0) is 26.0 Å². The monoisotopic (exact) mass is 395 g/mol. The average Bonchev–Trinajstić information content (AvgIpc) is 3.11. The maximum Gasteiger partial charge on any atom is 0.252 e. The molecule has 0 saturated carbocycles. The Balaban J connectivity index is 1.94. The van der Waals surface area contributed by atoms with E-state index in [1.807, 2.05) is 0 Å². The Morgan fingerprint density at radius 3 is 2.27 bits per heavy atom. The Morgan fingerprint density at radius 1 is 1.08 bits per heavy atom. The molecular formula is C17H21N3O4S2. The van der Waals surface area contributed by atoms with Crippen LogP contribution in [0.4, 0.5) is 5.69 Å². The van der Waals surface area contributed by atoms with Crippen LogP contribution in [0.15, 0.2) is 46.0 Å². The van der Waals surface area contributed by atoms with Gasteiger partial charge in [-0.05, 0) is 29.1 Å². The van der Waals surface area contributed by atoms with Crippen molar-refractivity contribution >= 4 is 38.9 Å². The molecule has 1 aromatic carbocycles. The third kappa shape index (κ3) is 5.13. The zero-order valence-electron chi connectivity index (χ0n) is 14.8. The van der Waals surface area contributed by atoms with Crippen LogP contribution in [0.3, 0.4) is 0 Å². The predicted octanol–water partition coefficient (Wildman–Crippen LogP) is 1.64. The molecule has 0 aliphatic rings. The van der Waals surface area contributed by atoms with Gasteiger partial charge < -0.3 is 10.2 Å². The highest BCUT2D eigenvalue weighted by Gasteiger charge is 2.23. The van der Waals surface area contributed by atoms with Crippen molar-refractivity contribution in [3.8, 4) is 0 Å². The van der Waals surface area contributed by atoms with E-state index in [2.05, 4.69) is 5.32 Å². The van der Waals surface area contributed by atoms with E-state index in [0.29, 0.717) is 5.69 Å². The van der Waals surface area contributed by atoms with Gasteiger partial charge in [-0.25, -0.2) is 8.42 Å². The van der Waals surface area contributed by atoms with Crippen LogP contribution < -0.4 is 5.32 Å². The van der Waals surface area contributed by atoms with Crippen molar-refractivity contribution in [1.82, 2.24) is 9.21 Å². The number of likely N-dealkylation sites (N-methyl/N-ethyl adjacent to an activating group) is 2. The first-order valence-electron chi connectivity index (χ1n) is 7.79. The summed E-state index contributed by atoms with van der Waals surface area (Å²) in [6.07, 6.45) is 0.281. The summed E-state index contributed by atoms with van der Waals surface area (Å²) in [5, 5.41) is 4.33. The van der Waals surface area contributed by atoms with Crippen LogP contribution in [0.1, 0.15) is 5.56 Å². The molecule has 1 aromatic heterocycles. The molecule has 0 unspecified atom stereocenters. The summed E-state index contributed by atoms with van der Waals surface area (Å²) < 4.78 is 25.8. The molecule has 0 spiro atoms. The third-order valence-corrected chi connectivity index (χ3v) is 6.79. The van der Waals surface area contributed by atoms with E-state index in [0.717, 1.165) is 21.2 Å². The number of hydrogen-bond donors (Lipinski definition) is 1. The number of nitrogens with zero attached hydrogens (tertiary/aromatic N) is 2.